The Morgan fingerprint density at radius 2 is 2.62 bits per heavy atom. The van der Waals surface area contributed by atoms with Crippen molar-refractivity contribution in [3.05, 3.63) is 0 Å². The molecule has 1 aliphatic carbocycles. The zero-order valence-corrected chi connectivity index (χ0v) is 4.48. The van der Waals surface area contributed by atoms with E-state index >= 15 is 0 Å². The second-order valence-electron chi connectivity index (χ2n) is 2.71. The van der Waals surface area contributed by atoms with Gasteiger partial charge in [0.05, 0.1) is 5.92 Å². The van der Waals surface area contributed by atoms with Crippen LogP contribution in [0.4, 0.5) is 0 Å². The lowest BCUT2D eigenvalue weighted by molar-refractivity contribution is -0.120. The molecule has 0 aromatic carbocycles. The molecule has 3 N–H and O–H groups in total. The first-order chi connectivity index (χ1) is 3.72. The molecule has 1 saturated carbocycles. The average Bonchev–Trinajstić information content (AvgIpc) is 2.32. The maximum Gasteiger partial charge on any atom is 0.225 e. The number of carbonyl (C=O) groups is 1. The lowest BCUT2D eigenvalue weighted by Crippen LogP contribution is -2.30. The van der Waals surface area contributed by atoms with Crippen LogP contribution < -0.4 is 11.1 Å². The average molecular weight is 112 g/mol. The Balaban J connectivity index is 2.26. The molecule has 0 aromatic heterocycles. The van der Waals surface area contributed by atoms with E-state index < -0.39 is 0 Å². The number of amides is 1. The Hall–Kier alpha value is -0.570. The lowest BCUT2D eigenvalue weighted by Gasteiger charge is -1.98. The van der Waals surface area contributed by atoms with Crippen molar-refractivity contribution in [2.75, 3.05) is 6.54 Å². The van der Waals surface area contributed by atoms with Gasteiger partial charge in [-0.05, 0) is 6.42 Å². The van der Waals surface area contributed by atoms with E-state index in [4.69, 9.17) is 5.73 Å². The number of hydrogen-bond acceptors (Lipinski definition) is 2. The van der Waals surface area contributed by atoms with Crippen LogP contribution in [0.1, 0.15) is 6.42 Å². The molecule has 3 heteroatoms. The highest BCUT2D eigenvalue weighted by Gasteiger charge is 2.59. The van der Waals surface area contributed by atoms with E-state index in [1.165, 1.54) is 0 Å². The zero-order valence-electron chi connectivity index (χ0n) is 4.48. The second-order valence-corrected chi connectivity index (χ2v) is 2.71. The molecule has 0 aromatic rings. The first kappa shape index (κ1) is 4.32. The fourth-order valence-corrected chi connectivity index (χ4v) is 1.25. The van der Waals surface area contributed by atoms with Gasteiger partial charge in [-0.3, -0.25) is 4.79 Å². The molecule has 2 rings (SSSR count). The third kappa shape index (κ3) is 0.314. The Kier molecular flexibility index (Phi) is 0.492. The van der Waals surface area contributed by atoms with E-state index in [0.717, 1.165) is 6.42 Å². The van der Waals surface area contributed by atoms with Gasteiger partial charge in [0.25, 0.3) is 0 Å². The van der Waals surface area contributed by atoms with Crippen LogP contribution in [0, 0.1) is 5.92 Å². The Morgan fingerprint density at radius 1 is 1.88 bits per heavy atom. The van der Waals surface area contributed by atoms with Crippen LogP contribution in [0.5, 0.6) is 0 Å². The molecule has 44 valence electrons. The summed E-state index contributed by atoms with van der Waals surface area (Å²) in [5, 5.41) is 2.70. The van der Waals surface area contributed by atoms with Gasteiger partial charge in [-0.2, -0.15) is 0 Å². The minimum Gasteiger partial charge on any atom is -0.354 e. The molecule has 1 aliphatic heterocycles. The van der Waals surface area contributed by atoms with Crippen LogP contribution in [-0.4, -0.2) is 18.0 Å². The van der Waals surface area contributed by atoms with Crippen LogP contribution in [0.15, 0.2) is 0 Å². The number of fused-ring (bicyclic) bond motifs is 1. The number of hydrogen-bond donors (Lipinski definition) is 2. The zero-order chi connectivity index (χ0) is 5.78. The van der Waals surface area contributed by atoms with Gasteiger partial charge in [-0.25, -0.2) is 0 Å². The molecule has 2 fully saturated rings. The maximum absolute atomic E-state index is 10.6. The van der Waals surface area contributed by atoms with Crippen LogP contribution in [-0.2, 0) is 4.79 Å². The van der Waals surface area contributed by atoms with Crippen LogP contribution in [0.3, 0.4) is 0 Å². The van der Waals surface area contributed by atoms with Gasteiger partial charge in [0.1, 0.15) is 0 Å². The highest BCUT2D eigenvalue weighted by Crippen LogP contribution is 2.44. The fraction of sp³-hybridized carbons (Fsp3) is 0.800. The van der Waals surface area contributed by atoms with Gasteiger partial charge in [0.2, 0.25) is 5.91 Å². The monoisotopic (exact) mass is 112 g/mol. The standard InChI is InChI=1S/C5H8N2O/c6-5-1-3(5)4(8)7-2-5/h3H,1-2,6H2,(H,7,8). The molecule has 3 nitrogen and oxygen atoms in total. The number of rotatable bonds is 0. The quantitative estimate of drug-likeness (QED) is 0.415. The van der Waals surface area contributed by atoms with E-state index in [-0.39, 0.29) is 17.4 Å². The molecule has 2 aliphatic rings. The molecule has 2 unspecified atom stereocenters. The van der Waals surface area contributed by atoms with Crippen LogP contribution >= 0.6 is 0 Å². The Bertz CT molecular complexity index is 157. The molecule has 1 heterocycles. The Labute approximate surface area is 47.2 Å². The molecular formula is C5H8N2O. The topological polar surface area (TPSA) is 55.1 Å². The third-order valence-electron chi connectivity index (χ3n) is 2.03. The van der Waals surface area contributed by atoms with Crippen molar-refractivity contribution in [2.24, 2.45) is 11.7 Å². The van der Waals surface area contributed by atoms with E-state index in [9.17, 15) is 4.79 Å². The highest BCUT2D eigenvalue weighted by atomic mass is 16.2. The predicted octanol–water partition coefficient (Wildman–Crippen LogP) is -1.17. The van der Waals surface area contributed by atoms with Crippen molar-refractivity contribution < 1.29 is 4.79 Å². The van der Waals surface area contributed by atoms with Crippen LogP contribution in [0.2, 0.25) is 0 Å². The normalized spacial score (nSPS) is 50.6. The summed E-state index contributed by atoms with van der Waals surface area (Å²) >= 11 is 0. The van der Waals surface area contributed by atoms with E-state index in [1.54, 1.807) is 0 Å². The van der Waals surface area contributed by atoms with Gasteiger partial charge in [0, 0.05) is 12.1 Å². The van der Waals surface area contributed by atoms with Gasteiger partial charge >= 0.3 is 0 Å². The summed E-state index contributed by atoms with van der Waals surface area (Å²) in [4.78, 5) is 10.6. The minimum atomic E-state index is -0.128. The summed E-state index contributed by atoms with van der Waals surface area (Å²) in [6.45, 7) is 0.691. The van der Waals surface area contributed by atoms with Crippen molar-refractivity contribution in [1.82, 2.24) is 5.32 Å². The maximum atomic E-state index is 10.6. The highest BCUT2D eigenvalue weighted by molar-refractivity contribution is 5.87. The summed E-state index contributed by atoms with van der Waals surface area (Å²) in [5.74, 6) is 0.301. The minimum absolute atomic E-state index is 0.128. The molecule has 1 amide bonds. The van der Waals surface area contributed by atoms with E-state index in [2.05, 4.69) is 5.32 Å². The smallest absolute Gasteiger partial charge is 0.225 e. The van der Waals surface area contributed by atoms with Gasteiger partial charge in [-0.15, -0.1) is 0 Å². The second kappa shape index (κ2) is 0.910. The molecule has 2 atom stereocenters. The molecule has 0 radical (unpaired) electrons. The Morgan fingerprint density at radius 3 is 2.75 bits per heavy atom. The first-order valence-corrected chi connectivity index (χ1v) is 2.79. The molecular weight excluding hydrogens is 104 g/mol. The van der Waals surface area contributed by atoms with Gasteiger partial charge in [-0.1, -0.05) is 0 Å². The number of nitrogens with one attached hydrogen (secondary N) is 1. The third-order valence-corrected chi connectivity index (χ3v) is 2.03. The summed E-state index contributed by atoms with van der Waals surface area (Å²) in [6.07, 6.45) is 0.902. The first-order valence-electron chi connectivity index (χ1n) is 2.79. The molecule has 8 heavy (non-hydrogen) atoms. The number of carbonyl (C=O) groups excluding carboxylic acids is 1. The van der Waals surface area contributed by atoms with E-state index in [1.807, 2.05) is 0 Å². The SMILES string of the molecule is NC12CNC(=O)C1C2. The predicted molar refractivity (Wildman–Crippen MR) is 28.0 cm³/mol. The largest absolute Gasteiger partial charge is 0.354 e. The van der Waals surface area contributed by atoms with Crippen molar-refractivity contribution >= 4 is 5.91 Å². The summed E-state index contributed by atoms with van der Waals surface area (Å²) < 4.78 is 0. The van der Waals surface area contributed by atoms with Gasteiger partial charge < -0.3 is 11.1 Å². The van der Waals surface area contributed by atoms with E-state index in [0.29, 0.717) is 6.54 Å². The summed E-state index contributed by atoms with van der Waals surface area (Å²) in [7, 11) is 0. The van der Waals surface area contributed by atoms with Crippen molar-refractivity contribution in [3.8, 4) is 0 Å². The summed E-state index contributed by atoms with van der Waals surface area (Å²) in [6, 6.07) is 0. The van der Waals surface area contributed by atoms with Crippen molar-refractivity contribution in [1.29, 1.82) is 0 Å². The van der Waals surface area contributed by atoms with Gasteiger partial charge in [0.15, 0.2) is 0 Å². The molecule has 1 saturated heterocycles. The lowest BCUT2D eigenvalue weighted by atomic mass is 10.3. The van der Waals surface area contributed by atoms with Crippen molar-refractivity contribution in [3.63, 3.8) is 0 Å². The number of piperidine rings is 1. The van der Waals surface area contributed by atoms with Crippen molar-refractivity contribution in [2.45, 2.75) is 12.0 Å². The fourth-order valence-electron chi connectivity index (χ4n) is 1.25. The summed E-state index contributed by atoms with van der Waals surface area (Å²) in [5.41, 5.74) is 5.53. The molecule has 0 spiro atoms. The van der Waals surface area contributed by atoms with Crippen LogP contribution in [0.25, 0.3) is 0 Å². The molecule has 0 bridgehead atoms. The number of nitrogens with two attached hydrogens (primary N) is 1.